The monoisotopic (exact) mass is 446 g/mol. The van der Waals surface area contributed by atoms with Crippen LogP contribution in [-0.4, -0.2) is 69.9 Å². The molecule has 0 N–H and O–H groups in total. The smallest absolute Gasteiger partial charge is 0.302 e. The van der Waals surface area contributed by atoms with E-state index in [0.29, 0.717) is 46.2 Å². The minimum atomic E-state index is -0.290. The third-order valence-corrected chi connectivity index (χ3v) is 3.58. The highest BCUT2D eigenvalue weighted by Gasteiger charge is 1.95. The predicted octanol–water partition coefficient (Wildman–Crippen LogP) is 2.61. The van der Waals surface area contributed by atoms with Gasteiger partial charge in [-0.15, -0.1) is 0 Å². The molecule has 0 unspecified atom stereocenters. The largest absolute Gasteiger partial charge is 0.463 e. The van der Waals surface area contributed by atoms with Crippen LogP contribution in [-0.2, 0) is 28.5 Å². The number of hydrogen-bond donors (Lipinski definition) is 0. The molecule has 0 heterocycles. The molecule has 0 fully saturated rings. The number of rotatable bonds is 18. The van der Waals surface area contributed by atoms with E-state index in [2.05, 4.69) is 22.6 Å². The van der Waals surface area contributed by atoms with Crippen LogP contribution in [0.2, 0.25) is 0 Å². The third kappa shape index (κ3) is 22.0. The Balaban J connectivity index is 2.96. The number of ether oxygens (including phenoxy) is 5. The lowest BCUT2D eigenvalue weighted by atomic mass is 10.2. The third-order valence-electron chi connectivity index (χ3n) is 2.82. The highest BCUT2D eigenvalue weighted by atomic mass is 127. The normalized spacial score (nSPS) is 10.9. The van der Waals surface area contributed by atoms with E-state index in [1.54, 1.807) is 0 Å². The Kier molecular flexibility index (Phi) is 20.1. The molecule has 23 heavy (non-hydrogen) atoms. The summed E-state index contributed by atoms with van der Waals surface area (Å²) in [5.74, 6) is -0.290. The van der Waals surface area contributed by atoms with Crippen LogP contribution in [0.4, 0.5) is 0 Å². The summed E-state index contributed by atoms with van der Waals surface area (Å²) >= 11 is 2.41. The Morgan fingerprint density at radius 2 is 1.09 bits per heavy atom. The molecule has 0 spiro atoms. The van der Waals surface area contributed by atoms with Crippen molar-refractivity contribution in [3.63, 3.8) is 0 Å². The van der Waals surface area contributed by atoms with Crippen LogP contribution in [0.5, 0.6) is 0 Å². The Morgan fingerprint density at radius 1 is 0.652 bits per heavy atom. The fourth-order valence-electron chi connectivity index (χ4n) is 1.66. The molecule has 0 aromatic heterocycles. The molecule has 0 bridgehead atoms. The first-order valence-corrected chi connectivity index (χ1v) is 9.80. The minimum Gasteiger partial charge on any atom is -0.463 e. The van der Waals surface area contributed by atoms with Crippen LogP contribution in [0.15, 0.2) is 0 Å². The molecule has 0 aliphatic carbocycles. The van der Waals surface area contributed by atoms with Gasteiger partial charge in [0.2, 0.25) is 0 Å². The first-order chi connectivity index (χ1) is 11.3. The number of carbonyl (C=O) groups excluding carboxylic acids is 1. The molecule has 0 aromatic carbocycles. The molecule has 138 valence electrons. The zero-order valence-corrected chi connectivity index (χ0v) is 16.4. The Bertz CT molecular complexity index is 253. The number of unbranched alkanes of at least 4 members (excludes halogenated alkanes) is 3. The first-order valence-electron chi connectivity index (χ1n) is 8.27. The van der Waals surface area contributed by atoms with Gasteiger partial charge in [0.25, 0.3) is 0 Å². The summed E-state index contributed by atoms with van der Waals surface area (Å²) in [6.07, 6.45) is 4.99. The van der Waals surface area contributed by atoms with Crippen molar-refractivity contribution in [2.24, 2.45) is 0 Å². The topological polar surface area (TPSA) is 63.2 Å². The molecule has 6 nitrogen and oxygen atoms in total. The Morgan fingerprint density at radius 3 is 1.57 bits per heavy atom. The summed E-state index contributed by atoms with van der Waals surface area (Å²) in [6.45, 7) is 6.25. The van der Waals surface area contributed by atoms with Gasteiger partial charge in [-0.3, -0.25) is 4.79 Å². The average molecular weight is 446 g/mol. The molecular weight excluding hydrogens is 415 g/mol. The molecule has 7 heteroatoms. The molecule has 0 aromatic rings. The van der Waals surface area contributed by atoms with Gasteiger partial charge < -0.3 is 23.7 Å². The summed E-state index contributed by atoms with van der Waals surface area (Å²) in [7, 11) is 0. The fraction of sp³-hybridized carbons (Fsp3) is 0.938. The molecule has 0 saturated carbocycles. The Hall–Kier alpha value is 0.0400. The standard InChI is InChI=1S/C16H31IO6/c1-16(18)23-15-14-22-13-12-21-11-10-20-9-8-19-7-5-3-2-4-6-17/h2-15H2,1H3. The second kappa shape index (κ2) is 20.1. The minimum absolute atomic E-state index is 0.288. The van der Waals surface area contributed by atoms with E-state index in [-0.39, 0.29) is 12.6 Å². The lowest BCUT2D eigenvalue weighted by molar-refractivity contribution is -0.142. The van der Waals surface area contributed by atoms with E-state index in [0.717, 1.165) is 13.0 Å². The molecule has 0 aliphatic rings. The zero-order chi connectivity index (χ0) is 17.0. The van der Waals surface area contributed by atoms with E-state index < -0.39 is 0 Å². The maximum Gasteiger partial charge on any atom is 0.302 e. The van der Waals surface area contributed by atoms with E-state index in [1.165, 1.54) is 30.6 Å². The van der Waals surface area contributed by atoms with Gasteiger partial charge >= 0.3 is 5.97 Å². The first kappa shape index (κ1) is 23.0. The van der Waals surface area contributed by atoms with E-state index >= 15 is 0 Å². The maximum atomic E-state index is 10.5. The number of halogens is 1. The average Bonchev–Trinajstić information content (AvgIpc) is 2.53. The molecule has 0 aliphatic heterocycles. The van der Waals surface area contributed by atoms with Gasteiger partial charge in [0.1, 0.15) is 6.61 Å². The van der Waals surface area contributed by atoms with Crippen LogP contribution < -0.4 is 0 Å². The number of esters is 1. The molecule has 0 rings (SSSR count). The van der Waals surface area contributed by atoms with Gasteiger partial charge in [0.15, 0.2) is 0 Å². The molecule has 0 atom stereocenters. The molecule has 0 amide bonds. The zero-order valence-electron chi connectivity index (χ0n) is 14.2. The van der Waals surface area contributed by atoms with Crippen LogP contribution in [0.3, 0.4) is 0 Å². The van der Waals surface area contributed by atoms with Crippen molar-refractivity contribution in [2.75, 3.05) is 63.9 Å². The van der Waals surface area contributed by atoms with E-state index in [4.69, 9.17) is 23.7 Å². The van der Waals surface area contributed by atoms with E-state index in [9.17, 15) is 4.79 Å². The van der Waals surface area contributed by atoms with Gasteiger partial charge in [-0.1, -0.05) is 35.4 Å². The van der Waals surface area contributed by atoms with Crippen molar-refractivity contribution < 1.29 is 28.5 Å². The summed E-state index contributed by atoms with van der Waals surface area (Å²) in [5, 5.41) is 0. The van der Waals surface area contributed by atoms with Crippen LogP contribution in [0.25, 0.3) is 0 Å². The number of alkyl halides is 1. The van der Waals surface area contributed by atoms with Crippen LogP contribution >= 0.6 is 22.6 Å². The van der Waals surface area contributed by atoms with Gasteiger partial charge in [0, 0.05) is 13.5 Å². The fourth-order valence-corrected chi connectivity index (χ4v) is 2.20. The van der Waals surface area contributed by atoms with Gasteiger partial charge in [-0.25, -0.2) is 0 Å². The molecule has 0 radical (unpaired) electrons. The van der Waals surface area contributed by atoms with Crippen molar-refractivity contribution >= 4 is 28.6 Å². The predicted molar refractivity (Wildman–Crippen MR) is 97.3 cm³/mol. The van der Waals surface area contributed by atoms with Crippen molar-refractivity contribution in [3.8, 4) is 0 Å². The van der Waals surface area contributed by atoms with Gasteiger partial charge in [-0.2, -0.15) is 0 Å². The SMILES string of the molecule is CC(=O)OCCOCCOCCOCCOCCCCCCI. The maximum absolute atomic E-state index is 10.5. The second-order valence-corrected chi connectivity index (χ2v) is 5.97. The summed E-state index contributed by atoms with van der Waals surface area (Å²) in [6, 6.07) is 0. The van der Waals surface area contributed by atoms with Crippen molar-refractivity contribution in [1.29, 1.82) is 0 Å². The van der Waals surface area contributed by atoms with Crippen molar-refractivity contribution in [1.82, 2.24) is 0 Å². The highest BCUT2D eigenvalue weighted by molar-refractivity contribution is 14.1. The van der Waals surface area contributed by atoms with Crippen LogP contribution in [0, 0.1) is 0 Å². The summed E-state index contributed by atoms with van der Waals surface area (Å²) in [5.41, 5.74) is 0. The summed E-state index contributed by atoms with van der Waals surface area (Å²) < 4.78 is 27.4. The second-order valence-electron chi connectivity index (χ2n) is 4.89. The van der Waals surface area contributed by atoms with E-state index in [1.807, 2.05) is 0 Å². The van der Waals surface area contributed by atoms with Crippen molar-refractivity contribution in [3.05, 3.63) is 0 Å². The lowest BCUT2D eigenvalue weighted by Crippen LogP contribution is -2.13. The summed E-state index contributed by atoms with van der Waals surface area (Å²) in [4.78, 5) is 10.5. The quantitative estimate of drug-likeness (QED) is 0.140. The number of carbonyl (C=O) groups is 1. The molecule has 0 saturated heterocycles. The van der Waals surface area contributed by atoms with Crippen molar-refractivity contribution in [2.45, 2.75) is 32.6 Å². The Labute approximate surface area is 153 Å². The van der Waals surface area contributed by atoms with Crippen LogP contribution in [0.1, 0.15) is 32.6 Å². The highest BCUT2D eigenvalue weighted by Crippen LogP contribution is 2.02. The van der Waals surface area contributed by atoms with Gasteiger partial charge in [0.05, 0.1) is 46.2 Å². The number of hydrogen-bond acceptors (Lipinski definition) is 6. The molecular formula is C16H31IO6. The van der Waals surface area contributed by atoms with Gasteiger partial charge in [-0.05, 0) is 17.3 Å². The lowest BCUT2D eigenvalue weighted by Gasteiger charge is -2.07.